The van der Waals surface area contributed by atoms with Crippen molar-refractivity contribution in [2.45, 2.75) is 55.5 Å². The van der Waals surface area contributed by atoms with Gasteiger partial charge in [-0.1, -0.05) is 0 Å². The molecule has 0 amide bonds. The van der Waals surface area contributed by atoms with Gasteiger partial charge in [0.15, 0.2) is 30.0 Å². The molecule has 250 valence electrons. The highest BCUT2D eigenvalue weighted by molar-refractivity contribution is 8.47. The lowest BCUT2D eigenvalue weighted by molar-refractivity contribution is -0.0531. The molecule has 3 fully saturated rings. The minimum Gasteiger partial charge on any atom is -0.387 e. The monoisotopic (exact) mass is 722 g/mol. The fraction of sp³-hybridized carbons (Fsp3) is 0.591. The number of ether oxygens (including phenoxy) is 2. The van der Waals surface area contributed by atoms with Crippen LogP contribution in [0.25, 0.3) is 11.2 Å². The molecule has 24 heteroatoms. The number of rotatable bonds is 3. The zero-order chi connectivity index (χ0) is 32.5. The van der Waals surface area contributed by atoms with E-state index in [2.05, 4.69) is 37.2 Å². The Bertz CT molecular complexity index is 1760. The predicted octanol–water partition coefficient (Wildman–Crippen LogP) is -1.23. The fourth-order valence-corrected chi connectivity index (χ4v) is 8.94. The van der Waals surface area contributed by atoms with Gasteiger partial charge >= 0.3 is 13.9 Å². The molecule has 10 atom stereocenters. The molecule has 3 aromatic heterocycles. The summed E-state index contributed by atoms with van der Waals surface area (Å²) in [4.78, 5) is 44.3. The van der Waals surface area contributed by atoms with Crippen LogP contribution in [0.15, 0.2) is 17.4 Å². The van der Waals surface area contributed by atoms with Crippen molar-refractivity contribution in [2.75, 3.05) is 43.2 Å². The van der Waals surface area contributed by atoms with E-state index in [-0.39, 0.29) is 41.9 Å². The summed E-state index contributed by atoms with van der Waals surface area (Å²) in [5.74, 6) is 0.280. The van der Waals surface area contributed by atoms with Gasteiger partial charge in [-0.15, -0.1) is 0 Å². The minimum absolute atomic E-state index is 0.103. The number of aromatic amines is 1. The number of hydrogen-bond donors (Lipinski definition) is 7. The topological polar surface area (TPSA) is 270 Å². The SMILES string of the molecule is CO[P+]1(S)OCC2OC(n3cnc4c(N)ncnc43)C(O)C2OP(O)(=S)OCC2OC(N3CCc4c3nc(N)[nH]c4=O)C(O1)C2O. The van der Waals surface area contributed by atoms with Crippen LogP contribution >= 0.6 is 26.1 Å². The van der Waals surface area contributed by atoms with Crippen LogP contribution in [0.2, 0.25) is 0 Å². The van der Waals surface area contributed by atoms with Gasteiger partial charge in [0.25, 0.3) is 5.56 Å². The summed E-state index contributed by atoms with van der Waals surface area (Å²) in [6, 6.07) is 0. The van der Waals surface area contributed by atoms with Gasteiger partial charge in [0.2, 0.25) is 5.95 Å². The van der Waals surface area contributed by atoms with Crippen molar-refractivity contribution in [3.05, 3.63) is 28.6 Å². The third-order valence-electron chi connectivity index (χ3n) is 8.02. The number of imidazole rings is 1. The van der Waals surface area contributed by atoms with E-state index in [4.69, 9.17) is 55.4 Å². The largest absolute Gasteiger partial charge is 0.478 e. The first-order valence-electron chi connectivity index (χ1n) is 13.8. The first-order valence-corrected chi connectivity index (χ1v) is 19.1. The van der Waals surface area contributed by atoms with Gasteiger partial charge in [-0.25, -0.2) is 15.0 Å². The molecule has 3 aromatic rings. The van der Waals surface area contributed by atoms with Gasteiger partial charge < -0.3 is 45.5 Å². The van der Waals surface area contributed by atoms with Crippen LogP contribution in [0.1, 0.15) is 11.8 Å². The quantitative estimate of drug-likeness (QED) is 0.123. The van der Waals surface area contributed by atoms with E-state index in [0.717, 1.165) is 0 Å². The Morgan fingerprint density at radius 2 is 1.93 bits per heavy atom. The van der Waals surface area contributed by atoms with Crippen molar-refractivity contribution < 1.29 is 47.2 Å². The van der Waals surface area contributed by atoms with Crippen LogP contribution in [0.5, 0.6) is 0 Å². The lowest BCUT2D eigenvalue weighted by Gasteiger charge is -2.30. The van der Waals surface area contributed by atoms with E-state index >= 15 is 0 Å². The Morgan fingerprint density at radius 1 is 1.15 bits per heavy atom. The van der Waals surface area contributed by atoms with Crippen molar-refractivity contribution in [3.8, 4) is 0 Å². The van der Waals surface area contributed by atoms with E-state index in [1.165, 1.54) is 24.3 Å². The summed E-state index contributed by atoms with van der Waals surface area (Å²) in [5, 5.41) is 22.7. The summed E-state index contributed by atoms with van der Waals surface area (Å²) in [6.07, 6.45) is -6.76. The molecule has 46 heavy (non-hydrogen) atoms. The number of anilines is 3. The Kier molecular flexibility index (Phi) is 8.51. The number of nitrogens with two attached hydrogens (primary N) is 2. The fourth-order valence-electron chi connectivity index (χ4n) is 5.84. The molecule has 7 rings (SSSR count). The van der Waals surface area contributed by atoms with Gasteiger partial charge in [0.1, 0.15) is 54.8 Å². The van der Waals surface area contributed by atoms with Crippen molar-refractivity contribution in [2.24, 2.45) is 0 Å². The lowest BCUT2D eigenvalue weighted by Crippen LogP contribution is -2.45. The molecule has 0 aromatic carbocycles. The number of nitrogens with zero attached hydrogens (tertiary/aromatic N) is 6. The van der Waals surface area contributed by atoms with E-state index < -0.39 is 75.1 Å². The number of thiol groups is 1. The molecular formula is C22H30N9O11P2S2+. The molecule has 20 nitrogen and oxygen atoms in total. The maximum Gasteiger partial charge on any atom is 0.478 e. The van der Waals surface area contributed by atoms with Crippen molar-refractivity contribution in [1.82, 2.24) is 29.5 Å². The van der Waals surface area contributed by atoms with Crippen molar-refractivity contribution in [1.29, 1.82) is 0 Å². The average Bonchev–Trinajstić information content (AvgIpc) is 3.77. The third-order valence-corrected chi connectivity index (χ3v) is 12.1. The highest BCUT2D eigenvalue weighted by Gasteiger charge is 2.59. The average molecular weight is 723 g/mol. The first-order chi connectivity index (χ1) is 21.9. The highest BCUT2D eigenvalue weighted by Crippen LogP contribution is 2.68. The molecule has 10 unspecified atom stereocenters. The standard InChI is InChI=1S/C22H29N9O11P2S2/c1-36-44(46)38-5-10-14(13(33)20(40-10)31-7-27-11-16(23)25-6-26-18(11)31)41-43(35,45)37-4-9-12(32)15(42-44)21(39-9)30-3-2-8-17(30)28-22(24)29-19(8)34/h6-7,9-10,12-15,20-21,32-33,46H,2-5H2,1H3,(H5-,23,24,25,26,28,29,34,35,45)/p+1. The third kappa shape index (κ3) is 5.69. The molecule has 0 aliphatic carbocycles. The van der Waals surface area contributed by atoms with Gasteiger partial charge in [-0.05, 0) is 18.2 Å². The van der Waals surface area contributed by atoms with Crippen LogP contribution in [0, 0.1) is 0 Å². The number of nitrogens with one attached hydrogen (secondary N) is 1. The lowest BCUT2D eigenvalue weighted by atomic mass is 10.1. The first kappa shape index (κ1) is 32.4. The molecule has 2 bridgehead atoms. The number of aliphatic hydroxyl groups is 2. The molecule has 0 saturated carbocycles. The van der Waals surface area contributed by atoms with E-state index in [0.29, 0.717) is 12.0 Å². The summed E-state index contributed by atoms with van der Waals surface area (Å²) in [7, 11) is -2.27. The number of aromatic nitrogens is 6. The van der Waals surface area contributed by atoms with E-state index in [1.54, 1.807) is 4.90 Å². The van der Waals surface area contributed by atoms with Crippen molar-refractivity contribution >= 4 is 66.7 Å². The van der Waals surface area contributed by atoms with Gasteiger partial charge in [0, 0.05) is 6.54 Å². The molecule has 4 aliphatic heterocycles. The summed E-state index contributed by atoms with van der Waals surface area (Å²) >= 11 is 9.87. The molecule has 8 N–H and O–H groups in total. The van der Waals surface area contributed by atoms with Gasteiger partial charge in [0.05, 0.1) is 37.9 Å². The Labute approximate surface area is 270 Å². The smallest absolute Gasteiger partial charge is 0.387 e. The normalized spacial score (nSPS) is 38.2. The molecule has 3 saturated heterocycles. The maximum absolute atomic E-state index is 12.5. The van der Waals surface area contributed by atoms with Crippen LogP contribution in [0.3, 0.4) is 0 Å². The van der Waals surface area contributed by atoms with Crippen LogP contribution in [-0.4, -0.2) is 114 Å². The van der Waals surface area contributed by atoms with E-state index in [1.807, 2.05) is 0 Å². The minimum atomic E-state index is -4.12. The molecule has 7 heterocycles. The number of fused-ring (bicyclic) bond motifs is 5. The van der Waals surface area contributed by atoms with E-state index in [9.17, 15) is 19.9 Å². The Balaban J connectivity index is 1.20. The van der Waals surface area contributed by atoms with Gasteiger partial charge in [-0.2, -0.15) is 18.6 Å². The second-order valence-electron chi connectivity index (χ2n) is 10.7. The van der Waals surface area contributed by atoms with Gasteiger partial charge in [-0.3, -0.25) is 18.9 Å². The zero-order valence-electron chi connectivity index (χ0n) is 23.8. The zero-order valence-corrected chi connectivity index (χ0v) is 27.3. The van der Waals surface area contributed by atoms with Crippen molar-refractivity contribution in [3.63, 3.8) is 0 Å². The van der Waals surface area contributed by atoms with Crippen LogP contribution in [0.4, 0.5) is 17.6 Å². The maximum atomic E-state index is 12.5. The number of hydrogen-bond acceptors (Lipinski definition) is 19. The summed E-state index contributed by atoms with van der Waals surface area (Å²) in [6.45, 7) is -4.63. The summed E-state index contributed by atoms with van der Waals surface area (Å²) < 4.78 is 43.0. The second-order valence-corrected chi connectivity index (χ2v) is 16.8. The highest BCUT2D eigenvalue weighted by atomic mass is 32.7. The number of H-pyrrole nitrogens is 1. The van der Waals surface area contributed by atoms with Crippen LogP contribution in [-0.2, 0) is 50.3 Å². The molecule has 0 radical (unpaired) electrons. The number of aliphatic hydroxyl groups excluding tert-OH is 2. The number of nitrogen functional groups attached to an aromatic ring is 2. The Morgan fingerprint density at radius 3 is 2.72 bits per heavy atom. The molecule has 4 aliphatic rings. The second kappa shape index (κ2) is 12.1. The molecule has 0 spiro atoms. The van der Waals surface area contributed by atoms with Crippen LogP contribution < -0.4 is 21.9 Å². The Hall–Kier alpha value is -2.14. The summed E-state index contributed by atoms with van der Waals surface area (Å²) in [5.41, 5.74) is 12.3. The predicted molar refractivity (Wildman–Crippen MR) is 166 cm³/mol. The molecular weight excluding hydrogens is 692 g/mol.